The Hall–Kier alpha value is -3.60. The first-order valence-electron chi connectivity index (χ1n) is 9.41. The number of benzene rings is 1. The van der Waals surface area contributed by atoms with E-state index in [-0.39, 0.29) is 22.1 Å². The number of thiophene rings is 1. The van der Waals surface area contributed by atoms with Crippen LogP contribution in [0.1, 0.15) is 21.8 Å². The Kier molecular flexibility index (Phi) is 6.23. The molecule has 1 aliphatic heterocycles. The zero-order valence-corrected chi connectivity index (χ0v) is 19.3. The molecule has 2 aromatic heterocycles. The lowest BCUT2D eigenvalue weighted by Gasteiger charge is -2.28. The van der Waals surface area contributed by atoms with Gasteiger partial charge in [-0.3, -0.25) is 29.9 Å². The number of rotatable bonds is 5. The van der Waals surface area contributed by atoms with Crippen LogP contribution in [-0.2, 0) is 9.59 Å². The van der Waals surface area contributed by atoms with Crippen LogP contribution in [0.5, 0.6) is 0 Å². The van der Waals surface area contributed by atoms with Crippen LogP contribution >= 0.6 is 35.2 Å². The van der Waals surface area contributed by atoms with E-state index in [9.17, 15) is 19.7 Å². The molecule has 4 rings (SSSR count). The third kappa shape index (κ3) is 4.49. The number of carbonyl (C=O) groups excluding carboxylic acids is 2. The van der Waals surface area contributed by atoms with Gasteiger partial charge in [-0.2, -0.15) is 0 Å². The Bertz CT molecular complexity index is 1350. The second-order valence-electron chi connectivity index (χ2n) is 6.90. The Morgan fingerprint density at radius 2 is 1.94 bits per heavy atom. The summed E-state index contributed by atoms with van der Waals surface area (Å²) in [5, 5.41) is 16.0. The lowest BCUT2D eigenvalue weighted by Crippen LogP contribution is -2.54. The number of nitrogens with one attached hydrogen (secondary N) is 1. The summed E-state index contributed by atoms with van der Waals surface area (Å²) in [6, 6.07) is 8.21. The molecule has 166 valence electrons. The lowest BCUT2D eigenvalue weighted by molar-refractivity contribution is -0.385. The van der Waals surface area contributed by atoms with Crippen molar-refractivity contribution in [1.29, 1.82) is 0 Å². The summed E-state index contributed by atoms with van der Waals surface area (Å²) in [5.41, 5.74) is 1.25. The molecule has 1 N–H and O–H groups in total. The zero-order valence-electron chi connectivity index (χ0n) is 16.9. The van der Waals surface area contributed by atoms with Crippen molar-refractivity contribution >= 4 is 81.7 Å². The van der Waals surface area contributed by atoms with E-state index in [0.29, 0.717) is 26.7 Å². The van der Waals surface area contributed by atoms with Crippen molar-refractivity contribution in [2.45, 2.75) is 6.92 Å². The zero-order chi connectivity index (χ0) is 23.7. The molecule has 0 bridgehead atoms. The second-order valence-corrected chi connectivity index (χ2v) is 8.67. The summed E-state index contributed by atoms with van der Waals surface area (Å²) >= 11 is 12.5. The minimum Gasteiger partial charge on any atom is -0.457 e. The number of furan rings is 1. The van der Waals surface area contributed by atoms with E-state index >= 15 is 0 Å². The number of nitro groups is 1. The first kappa shape index (κ1) is 22.6. The van der Waals surface area contributed by atoms with Gasteiger partial charge in [0.1, 0.15) is 11.8 Å². The summed E-state index contributed by atoms with van der Waals surface area (Å²) in [7, 11) is 0. The van der Waals surface area contributed by atoms with Gasteiger partial charge in [0.2, 0.25) is 5.76 Å². The molecule has 8 nitrogen and oxygen atoms in total. The van der Waals surface area contributed by atoms with E-state index in [2.05, 4.69) is 5.32 Å². The van der Waals surface area contributed by atoms with E-state index in [4.69, 9.17) is 28.2 Å². The largest absolute Gasteiger partial charge is 0.457 e. The fourth-order valence-corrected chi connectivity index (χ4v) is 4.36. The average molecular weight is 500 g/mol. The number of carbonyl (C=O) groups is 2. The van der Waals surface area contributed by atoms with Crippen molar-refractivity contribution in [3.63, 3.8) is 0 Å². The Balaban J connectivity index is 1.67. The van der Waals surface area contributed by atoms with Crippen molar-refractivity contribution in [2.75, 3.05) is 4.90 Å². The molecule has 0 radical (unpaired) electrons. The number of aryl methyl sites for hydroxylation is 1. The average Bonchev–Trinajstić information content (AvgIpc) is 3.36. The molecule has 3 aromatic rings. The fourth-order valence-electron chi connectivity index (χ4n) is 3.18. The van der Waals surface area contributed by atoms with Crippen LogP contribution < -0.4 is 10.2 Å². The third-order valence-corrected chi connectivity index (χ3v) is 6.19. The molecule has 1 fully saturated rings. The highest BCUT2D eigenvalue weighted by Crippen LogP contribution is 2.30. The molecular weight excluding hydrogens is 486 g/mol. The highest BCUT2D eigenvalue weighted by Gasteiger charge is 2.34. The number of amides is 2. The highest BCUT2D eigenvalue weighted by atomic mass is 35.5. The first-order valence-corrected chi connectivity index (χ1v) is 11.1. The van der Waals surface area contributed by atoms with E-state index in [1.54, 1.807) is 48.7 Å². The van der Waals surface area contributed by atoms with Gasteiger partial charge < -0.3 is 4.42 Å². The minimum atomic E-state index is -0.617. The molecule has 2 amide bonds. The van der Waals surface area contributed by atoms with Gasteiger partial charge in [0.15, 0.2) is 5.11 Å². The monoisotopic (exact) mass is 499 g/mol. The van der Waals surface area contributed by atoms with Crippen LogP contribution in [-0.4, -0.2) is 21.9 Å². The minimum absolute atomic E-state index is 0.0320. The Labute approximate surface area is 201 Å². The summed E-state index contributed by atoms with van der Waals surface area (Å²) in [6.07, 6.45) is 5.89. The maximum Gasteiger partial charge on any atom is 0.317 e. The highest BCUT2D eigenvalue weighted by molar-refractivity contribution is 7.80. The summed E-state index contributed by atoms with van der Waals surface area (Å²) in [6.45, 7) is 1.59. The standard InChI is InChI=1S/C22H14ClN3O5S2/c1-12-11-31-17(19(12)26(29)30)6-7-18-13(8-9-33-18)10-16-20(27)24-22(32)25(21(16)28)15-4-2-14(23)3-5-15/h2-11H,1H3,(H,24,27,32)/b7-6+,16-10+. The first-order chi connectivity index (χ1) is 15.8. The van der Waals surface area contributed by atoms with Gasteiger partial charge in [0, 0.05) is 9.90 Å². The van der Waals surface area contributed by atoms with Crippen molar-refractivity contribution in [3.8, 4) is 0 Å². The molecule has 1 aromatic carbocycles. The van der Waals surface area contributed by atoms with Crippen LogP contribution in [0.4, 0.5) is 11.4 Å². The van der Waals surface area contributed by atoms with E-state index in [1.165, 1.54) is 34.7 Å². The molecule has 33 heavy (non-hydrogen) atoms. The molecule has 0 spiro atoms. The van der Waals surface area contributed by atoms with Gasteiger partial charge in [-0.1, -0.05) is 11.6 Å². The van der Waals surface area contributed by atoms with Gasteiger partial charge >= 0.3 is 5.69 Å². The Morgan fingerprint density at radius 3 is 2.64 bits per heavy atom. The van der Waals surface area contributed by atoms with Crippen molar-refractivity contribution in [3.05, 3.63) is 84.4 Å². The van der Waals surface area contributed by atoms with E-state index in [0.717, 1.165) is 0 Å². The van der Waals surface area contributed by atoms with Gasteiger partial charge in [-0.25, -0.2) is 0 Å². The fraction of sp³-hybridized carbons (Fsp3) is 0.0455. The van der Waals surface area contributed by atoms with Crippen molar-refractivity contribution in [2.24, 2.45) is 0 Å². The van der Waals surface area contributed by atoms with Crippen LogP contribution in [0.2, 0.25) is 5.02 Å². The molecule has 1 aliphatic rings. The predicted octanol–water partition coefficient (Wildman–Crippen LogP) is 5.21. The number of thiocarbonyl (C=S) groups is 1. The quantitative estimate of drug-likeness (QED) is 0.170. The molecule has 0 atom stereocenters. The number of anilines is 1. The lowest BCUT2D eigenvalue weighted by atomic mass is 10.1. The van der Waals surface area contributed by atoms with E-state index < -0.39 is 16.7 Å². The molecule has 0 unspecified atom stereocenters. The van der Waals surface area contributed by atoms with Gasteiger partial charge in [0.05, 0.1) is 16.2 Å². The smallest absolute Gasteiger partial charge is 0.317 e. The number of nitrogens with zero attached hydrogens (tertiary/aromatic N) is 2. The third-order valence-electron chi connectivity index (χ3n) is 4.75. The number of hydrogen-bond acceptors (Lipinski definition) is 7. The molecular formula is C22H14ClN3O5S2. The molecule has 11 heteroatoms. The summed E-state index contributed by atoms with van der Waals surface area (Å²) < 4.78 is 5.27. The molecule has 3 heterocycles. The van der Waals surface area contributed by atoms with Crippen molar-refractivity contribution in [1.82, 2.24) is 5.32 Å². The number of hydrogen-bond donors (Lipinski definition) is 1. The number of halogens is 1. The van der Waals surface area contributed by atoms with Gasteiger partial charge in [-0.15, -0.1) is 11.3 Å². The predicted molar refractivity (Wildman–Crippen MR) is 131 cm³/mol. The topological polar surface area (TPSA) is 106 Å². The molecule has 0 saturated carbocycles. The van der Waals surface area contributed by atoms with Gasteiger partial charge in [0.25, 0.3) is 11.8 Å². The van der Waals surface area contributed by atoms with Gasteiger partial charge in [-0.05, 0) is 78.6 Å². The molecule has 0 aliphatic carbocycles. The maximum atomic E-state index is 13.1. The second kappa shape index (κ2) is 9.10. The Morgan fingerprint density at radius 1 is 1.21 bits per heavy atom. The van der Waals surface area contributed by atoms with Crippen LogP contribution in [0.3, 0.4) is 0 Å². The SMILES string of the molecule is Cc1coc(/C=C/c2sccc2/C=C2\C(=O)NC(=S)N(c3ccc(Cl)cc3)C2=O)c1[N+](=O)[O-]. The van der Waals surface area contributed by atoms with E-state index in [1.807, 2.05) is 0 Å². The van der Waals surface area contributed by atoms with Crippen LogP contribution in [0.25, 0.3) is 18.2 Å². The van der Waals surface area contributed by atoms with Crippen LogP contribution in [0, 0.1) is 17.0 Å². The van der Waals surface area contributed by atoms with Crippen LogP contribution in [0.15, 0.2) is 52.0 Å². The summed E-state index contributed by atoms with van der Waals surface area (Å²) in [4.78, 5) is 38.3. The van der Waals surface area contributed by atoms with Crippen molar-refractivity contribution < 1.29 is 18.9 Å². The maximum absolute atomic E-state index is 13.1. The summed E-state index contributed by atoms with van der Waals surface area (Å²) in [5.74, 6) is -1.09. The molecule has 1 saturated heterocycles. The normalized spacial score (nSPS) is 15.5.